The number of carbonyl (C=O) groups excluding carboxylic acids is 2. The van der Waals surface area contributed by atoms with Gasteiger partial charge < -0.3 is 25.8 Å². The van der Waals surface area contributed by atoms with E-state index in [1.807, 2.05) is 36.4 Å². The number of benzene rings is 1. The van der Waals surface area contributed by atoms with E-state index in [-0.39, 0.29) is 36.5 Å². The summed E-state index contributed by atoms with van der Waals surface area (Å²) in [6, 6.07) is 8.87. The number of ether oxygens (including phenoxy) is 1. The van der Waals surface area contributed by atoms with Crippen LogP contribution in [0.4, 0.5) is 11.8 Å². The molecule has 1 aliphatic heterocycles. The van der Waals surface area contributed by atoms with E-state index in [0.717, 1.165) is 29.6 Å². The quantitative estimate of drug-likeness (QED) is 0.441. The number of rotatable bonds is 8. The molecule has 9 heteroatoms. The minimum atomic E-state index is -0.543. The van der Waals surface area contributed by atoms with E-state index < -0.39 is 12.0 Å². The topological polar surface area (TPSA) is 125 Å². The van der Waals surface area contributed by atoms with Crippen LogP contribution in [-0.4, -0.2) is 52.8 Å². The Hall–Kier alpha value is -3.72. The molecule has 1 amide bonds. The molecule has 1 aromatic carbocycles. The minimum absolute atomic E-state index is 0.0281. The molecule has 2 heterocycles. The van der Waals surface area contributed by atoms with Crippen molar-refractivity contribution in [3.63, 3.8) is 0 Å². The normalized spacial score (nSPS) is 18.4. The highest BCUT2D eigenvalue weighted by atomic mass is 16.5. The largest absolute Gasteiger partial charge is 0.462 e. The third kappa shape index (κ3) is 5.43. The Kier molecular flexibility index (Phi) is 7.54. The van der Waals surface area contributed by atoms with E-state index >= 15 is 0 Å². The van der Waals surface area contributed by atoms with Crippen LogP contribution in [-0.2, 0) is 9.53 Å². The standard InChI is InChI=1S/C25H29N5O4/c1-2-34-24(33)20-14-27-25(30-22(20)29-21(15-31)16-7-4-3-5-8-16)28-18-10-11-19-17(13-18)9-6-12-26-23(19)32/h3-5,7-8,11,13-14,18,21,31H,2,6,9-10,12,15H2,1H3,(H,26,32)(H2,27,28,29,30). The number of nitrogens with zero attached hydrogens (tertiary/aromatic N) is 2. The number of hydrogen-bond donors (Lipinski definition) is 4. The van der Waals surface area contributed by atoms with Crippen molar-refractivity contribution in [1.82, 2.24) is 15.3 Å². The van der Waals surface area contributed by atoms with Crippen LogP contribution in [0.3, 0.4) is 0 Å². The van der Waals surface area contributed by atoms with Gasteiger partial charge in [-0.05, 0) is 37.3 Å². The number of esters is 1. The summed E-state index contributed by atoms with van der Waals surface area (Å²) >= 11 is 0. The Bertz CT molecular complexity index is 1100. The van der Waals surface area contributed by atoms with Crippen LogP contribution in [0, 0.1) is 0 Å². The van der Waals surface area contributed by atoms with Crippen molar-refractivity contribution in [1.29, 1.82) is 0 Å². The molecular weight excluding hydrogens is 434 g/mol. The molecule has 1 aliphatic carbocycles. The number of aliphatic hydroxyl groups excluding tert-OH is 1. The van der Waals surface area contributed by atoms with E-state index in [1.165, 1.54) is 6.20 Å². The highest BCUT2D eigenvalue weighted by Gasteiger charge is 2.24. The Morgan fingerprint density at radius 1 is 1.32 bits per heavy atom. The van der Waals surface area contributed by atoms with Crippen LogP contribution >= 0.6 is 0 Å². The van der Waals surface area contributed by atoms with Crippen molar-refractivity contribution in [3.05, 3.63) is 71.0 Å². The summed E-state index contributed by atoms with van der Waals surface area (Å²) in [5.41, 5.74) is 2.80. The van der Waals surface area contributed by atoms with Gasteiger partial charge in [-0.2, -0.15) is 4.98 Å². The molecule has 9 nitrogen and oxygen atoms in total. The molecule has 1 fully saturated rings. The number of amides is 1. The molecule has 1 aromatic heterocycles. The number of aliphatic hydroxyl groups is 1. The summed E-state index contributed by atoms with van der Waals surface area (Å²) in [4.78, 5) is 33.6. The molecule has 4 N–H and O–H groups in total. The molecule has 34 heavy (non-hydrogen) atoms. The van der Waals surface area contributed by atoms with Gasteiger partial charge in [0.25, 0.3) is 5.91 Å². The summed E-state index contributed by atoms with van der Waals surface area (Å²) in [5.74, 6) is 0.0299. The first-order valence-electron chi connectivity index (χ1n) is 11.5. The SMILES string of the molecule is CCOC(=O)c1cnc(NC2C=C3CCCNC(=O)C3=CC2)nc1NC(CO)c1ccccc1. The fraction of sp³-hybridized carbons (Fsp3) is 0.360. The molecule has 0 bridgehead atoms. The van der Waals surface area contributed by atoms with Gasteiger partial charge in [0.05, 0.1) is 25.3 Å². The molecule has 2 aliphatic rings. The smallest absolute Gasteiger partial charge is 0.343 e. The maximum Gasteiger partial charge on any atom is 0.343 e. The third-order valence-corrected chi connectivity index (χ3v) is 5.77. The van der Waals surface area contributed by atoms with Gasteiger partial charge in [0.15, 0.2) is 0 Å². The summed E-state index contributed by atoms with van der Waals surface area (Å²) in [6.07, 6.45) is 7.75. The lowest BCUT2D eigenvalue weighted by molar-refractivity contribution is -0.117. The number of anilines is 2. The predicted molar refractivity (Wildman–Crippen MR) is 128 cm³/mol. The summed E-state index contributed by atoms with van der Waals surface area (Å²) in [6.45, 7) is 2.43. The van der Waals surface area contributed by atoms with Gasteiger partial charge in [-0.1, -0.05) is 42.5 Å². The van der Waals surface area contributed by atoms with Crippen molar-refractivity contribution < 1.29 is 19.4 Å². The number of nitrogens with one attached hydrogen (secondary N) is 3. The zero-order valence-corrected chi connectivity index (χ0v) is 19.1. The Labute approximate surface area is 198 Å². The Morgan fingerprint density at radius 3 is 2.91 bits per heavy atom. The van der Waals surface area contributed by atoms with E-state index in [9.17, 15) is 14.7 Å². The van der Waals surface area contributed by atoms with Gasteiger partial charge in [-0.15, -0.1) is 0 Å². The molecule has 0 radical (unpaired) electrons. The lowest BCUT2D eigenvalue weighted by Gasteiger charge is -2.22. The van der Waals surface area contributed by atoms with Crippen LogP contribution in [0.5, 0.6) is 0 Å². The lowest BCUT2D eigenvalue weighted by atomic mass is 9.92. The van der Waals surface area contributed by atoms with Crippen molar-refractivity contribution in [3.8, 4) is 0 Å². The monoisotopic (exact) mass is 463 g/mol. The van der Waals surface area contributed by atoms with Crippen LogP contribution in [0.15, 0.2) is 59.8 Å². The molecule has 2 aromatic rings. The average molecular weight is 464 g/mol. The second-order valence-electron chi connectivity index (χ2n) is 8.12. The molecule has 0 saturated carbocycles. The first-order valence-corrected chi connectivity index (χ1v) is 11.5. The Balaban J connectivity index is 1.58. The maximum absolute atomic E-state index is 12.5. The lowest BCUT2D eigenvalue weighted by Crippen LogP contribution is -2.27. The zero-order valence-electron chi connectivity index (χ0n) is 19.1. The zero-order chi connectivity index (χ0) is 23.9. The number of carbonyl (C=O) groups is 2. The van der Waals surface area contributed by atoms with Gasteiger partial charge in [-0.3, -0.25) is 4.79 Å². The highest BCUT2D eigenvalue weighted by Crippen LogP contribution is 2.27. The second kappa shape index (κ2) is 10.9. The van der Waals surface area contributed by atoms with Crippen molar-refractivity contribution in [2.45, 2.75) is 38.3 Å². The molecule has 2 unspecified atom stereocenters. The van der Waals surface area contributed by atoms with E-state index in [2.05, 4.69) is 32.0 Å². The van der Waals surface area contributed by atoms with E-state index in [0.29, 0.717) is 18.9 Å². The maximum atomic E-state index is 12.5. The third-order valence-electron chi connectivity index (χ3n) is 5.77. The summed E-state index contributed by atoms with van der Waals surface area (Å²) in [7, 11) is 0. The van der Waals surface area contributed by atoms with Crippen molar-refractivity contribution in [2.24, 2.45) is 0 Å². The van der Waals surface area contributed by atoms with Gasteiger partial charge in [0, 0.05) is 18.3 Å². The fourth-order valence-corrected chi connectivity index (χ4v) is 4.08. The highest BCUT2D eigenvalue weighted by molar-refractivity contribution is 5.98. The fourth-order valence-electron chi connectivity index (χ4n) is 4.08. The molecule has 1 saturated heterocycles. The van der Waals surface area contributed by atoms with E-state index in [4.69, 9.17) is 4.74 Å². The molecule has 2 atom stereocenters. The summed E-state index contributed by atoms with van der Waals surface area (Å²) < 4.78 is 5.16. The predicted octanol–water partition coefficient (Wildman–Crippen LogP) is 2.75. The number of fused-ring (bicyclic) bond motifs is 1. The first-order chi connectivity index (χ1) is 16.6. The molecular formula is C25H29N5O4. The van der Waals surface area contributed by atoms with Crippen LogP contribution in [0.2, 0.25) is 0 Å². The average Bonchev–Trinajstić information content (AvgIpc) is 3.04. The van der Waals surface area contributed by atoms with Crippen LogP contribution < -0.4 is 16.0 Å². The molecule has 0 spiro atoms. The van der Waals surface area contributed by atoms with Crippen LogP contribution in [0.25, 0.3) is 0 Å². The van der Waals surface area contributed by atoms with E-state index in [1.54, 1.807) is 6.92 Å². The minimum Gasteiger partial charge on any atom is -0.462 e. The van der Waals surface area contributed by atoms with Gasteiger partial charge in [0.2, 0.25) is 5.95 Å². The van der Waals surface area contributed by atoms with Crippen LogP contribution in [0.1, 0.15) is 48.1 Å². The van der Waals surface area contributed by atoms with Crippen molar-refractivity contribution in [2.75, 3.05) is 30.4 Å². The van der Waals surface area contributed by atoms with Gasteiger partial charge in [0.1, 0.15) is 11.4 Å². The van der Waals surface area contributed by atoms with Gasteiger partial charge in [-0.25, -0.2) is 9.78 Å². The first kappa shape index (κ1) is 23.4. The number of aromatic nitrogens is 2. The van der Waals surface area contributed by atoms with Crippen molar-refractivity contribution >= 4 is 23.6 Å². The molecule has 178 valence electrons. The Morgan fingerprint density at radius 2 is 2.15 bits per heavy atom. The molecule has 4 rings (SSSR count). The summed E-state index contributed by atoms with van der Waals surface area (Å²) in [5, 5.41) is 19.3. The van der Waals surface area contributed by atoms with Gasteiger partial charge >= 0.3 is 5.97 Å². The second-order valence-corrected chi connectivity index (χ2v) is 8.12. The number of hydrogen-bond acceptors (Lipinski definition) is 8.